The molecular formula is C24H28N6O3. The van der Waals surface area contributed by atoms with Gasteiger partial charge in [-0.3, -0.25) is 14.5 Å². The summed E-state index contributed by atoms with van der Waals surface area (Å²) in [5, 5.41) is 5.63. The molecule has 0 saturated carbocycles. The fourth-order valence-corrected chi connectivity index (χ4v) is 4.98. The molecule has 5 rings (SSSR count). The molecule has 0 radical (unpaired) electrons. The first-order valence-corrected chi connectivity index (χ1v) is 11.4. The van der Waals surface area contributed by atoms with Gasteiger partial charge in [0.2, 0.25) is 5.91 Å². The summed E-state index contributed by atoms with van der Waals surface area (Å²) in [6.45, 7) is 3.45. The molecule has 9 heteroatoms. The highest BCUT2D eigenvalue weighted by Crippen LogP contribution is 2.39. The average molecular weight is 449 g/mol. The van der Waals surface area contributed by atoms with Gasteiger partial charge in [0.15, 0.2) is 0 Å². The Kier molecular flexibility index (Phi) is 5.49. The van der Waals surface area contributed by atoms with Gasteiger partial charge >= 0.3 is 6.03 Å². The summed E-state index contributed by atoms with van der Waals surface area (Å²) in [6, 6.07) is 10.8. The number of carbonyl (C=O) groups is 3. The number of imide groups is 1. The standard InChI is InChI=1S/C24H28N6O3/c1-28-11-13-29(14-12-28)20-9-8-18(15-25-20)26-21(31)16-30-22(32)24(27-23(30)33)10-4-6-17-5-2-3-7-19(17)24/h2-3,5,7-9,15H,4,6,10-14,16H2,1H3,(H,26,31)(H,27,33). The molecule has 9 nitrogen and oxygen atoms in total. The van der Waals surface area contributed by atoms with Crippen LogP contribution in [-0.2, 0) is 21.5 Å². The smallest absolute Gasteiger partial charge is 0.325 e. The quantitative estimate of drug-likeness (QED) is 0.689. The number of piperazine rings is 1. The van der Waals surface area contributed by atoms with E-state index < -0.39 is 17.5 Å². The molecule has 0 bridgehead atoms. The summed E-state index contributed by atoms with van der Waals surface area (Å²) in [5.74, 6) is 0.0697. The number of urea groups is 1. The van der Waals surface area contributed by atoms with Crippen molar-refractivity contribution < 1.29 is 14.4 Å². The van der Waals surface area contributed by atoms with Gasteiger partial charge in [-0.2, -0.15) is 0 Å². The molecule has 33 heavy (non-hydrogen) atoms. The molecule has 2 fully saturated rings. The molecule has 2 N–H and O–H groups in total. The van der Waals surface area contributed by atoms with E-state index in [1.54, 1.807) is 12.3 Å². The Balaban J connectivity index is 1.24. The van der Waals surface area contributed by atoms with Crippen LogP contribution in [0.15, 0.2) is 42.6 Å². The molecule has 1 aromatic carbocycles. The van der Waals surface area contributed by atoms with Crippen molar-refractivity contribution in [3.63, 3.8) is 0 Å². The van der Waals surface area contributed by atoms with E-state index in [4.69, 9.17) is 0 Å². The van der Waals surface area contributed by atoms with Crippen molar-refractivity contribution in [1.29, 1.82) is 0 Å². The summed E-state index contributed by atoms with van der Waals surface area (Å²) in [5.41, 5.74) is 1.36. The Bertz CT molecular complexity index is 1080. The molecule has 1 aliphatic carbocycles. The Hall–Kier alpha value is -3.46. The van der Waals surface area contributed by atoms with Gasteiger partial charge in [-0.05, 0) is 49.6 Å². The fourth-order valence-electron chi connectivity index (χ4n) is 4.98. The van der Waals surface area contributed by atoms with Crippen molar-refractivity contribution in [2.75, 3.05) is 50.0 Å². The van der Waals surface area contributed by atoms with Gasteiger partial charge < -0.3 is 20.4 Å². The Morgan fingerprint density at radius 1 is 1.12 bits per heavy atom. The van der Waals surface area contributed by atoms with Crippen LogP contribution in [0.3, 0.4) is 0 Å². The van der Waals surface area contributed by atoms with Gasteiger partial charge in [0.25, 0.3) is 5.91 Å². The number of hydrogen-bond acceptors (Lipinski definition) is 6. The average Bonchev–Trinajstić information content (AvgIpc) is 3.05. The normalized spacial score (nSPS) is 22.9. The summed E-state index contributed by atoms with van der Waals surface area (Å²) in [7, 11) is 2.10. The first-order valence-electron chi connectivity index (χ1n) is 11.4. The van der Waals surface area contributed by atoms with Crippen molar-refractivity contribution >= 4 is 29.4 Å². The lowest BCUT2D eigenvalue weighted by Crippen LogP contribution is -2.47. The first-order chi connectivity index (χ1) is 16.0. The molecule has 2 aliphatic heterocycles. The van der Waals surface area contributed by atoms with E-state index in [-0.39, 0.29) is 12.5 Å². The molecule has 172 valence electrons. The number of nitrogens with one attached hydrogen (secondary N) is 2. The summed E-state index contributed by atoms with van der Waals surface area (Å²) in [6.07, 6.45) is 3.81. The minimum Gasteiger partial charge on any atom is -0.354 e. The number of nitrogens with zero attached hydrogens (tertiary/aromatic N) is 4. The number of rotatable bonds is 4. The van der Waals surface area contributed by atoms with E-state index >= 15 is 0 Å². The summed E-state index contributed by atoms with van der Waals surface area (Å²) in [4.78, 5) is 48.7. The molecular weight excluding hydrogens is 420 g/mol. The van der Waals surface area contributed by atoms with Crippen LogP contribution in [0.5, 0.6) is 0 Å². The Morgan fingerprint density at radius 2 is 1.91 bits per heavy atom. The molecule has 2 aromatic rings. The van der Waals surface area contributed by atoms with E-state index in [9.17, 15) is 14.4 Å². The predicted molar refractivity (Wildman–Crippen MR) is 124 cm³/mol. The molecule has 4 amide bonds. The number of fused-ring (bicyclic) bond motifs is 2. The van der Waals surface area contributed by atoms with Crippen LogP contribution in [0.2, 0.25) is 0 Å². The SMILES string of the molecule is CN1CCN(c2ccc(NC(=O)CN3C(=O)NC4(CCCc5ccccc54)C3=O)cn2)CC1. The number of anilines is 2. The van der Waals surface area contributed by atoms with Gasteiger partial charge in [-0.1, -0.05) is 24.3 Å². The van der Waals surface area contributed by atoms with Gasteiger partial charge in [-0.25, -0.2) is 9.78 Å². The van der Waals surface area contributed by atoms with Crippen LogP contribution in [0.25, 0.3) is 0 Å². The second-order valence-electron chi connectivity index (χ2n) is 8.98. The van der Waals surface area contributed by atoms with Crippen LogP contribution in [0, 0.1) is 0 Å². The van der Waals surface area contributed by atoms with Crippen molar-refractivity contribution in [2.45, 2.75) is 24.8 Å². The zero-order chi connectivity index (χ0) is 23.0. The minimum absolute atomic E-state index is 0.338. The molecule has 1 atom stereocenters. The minimum atomic E-state index is -1.07. The van der Waals surface area contributed by atoms with Crippen LogP contribution in [0.4, 0.5) is 16.3 Å². The van der Waals surface area contributed by atoms with Gasteiger partial charge in [0.05, 0.1) is 11.9 Å². The van der Waals surface area contributed by atoms with Crippen LogP contribution in [0.1, 0.15) is 24.0 Å². The van der Waals surface area contributed by atoms with Gasteiger partial charge in [-0.15, -0.1) is 0 Å². The maximum absolute atomic E-state index is 13.3. The van der Waals surface area contributed by atoms with Crippen molar-refractivity contribution in [3.8, 4) is 0 Å². The maximum Gasteiger partial charge on any atom is 0.325 e. The number of benzene rings is 1. The third-order valence-electron chi connectivity index (χ3n) is 6.81. The number of hydrogen-bond donors (Lipinski definition) is 2. The third kappa shape index (κ3) is 3.93. The highest BCUT2D eigenvalue weighted by Gasteiger charge is 2.54. The van der Waals surface area contributed by atoms with E-state index in [1.165, 1.54) is 0 Å². The number of carbonyl (C=O) groups excluding carboxylic acids is 3. The topological polar surface area (TPSA) is 97.9 Å². The van der Waals surface area contributed by atoms with Gasteiger partial charge in [0, 0.05) is 26.2 Å². The number of aromatic nitrogens is 1. The summed E-state index contributed by atoms with van der Waals surface area (Å²) >= 11 is 0. The monoisotopic (exact) mass is 448 g/mol. The molecule has 1 unspecified atom stereocenters. The zero-order valence-corrected chi connectivity index (χ0v) is 18.7. The lowest BCUT2D eigenvalue weighted by atomic mass is 9.76. The number of amides is 4. The van der Waals surface area contributed by atoms with E-state index in [1.807, 2.05) is 30.3 Å². The second kappa shape index (κ2) is 8.47. The lowest BCUT2D eigenvalue weighted by molar-refractivity contribution is -0.134. The Labute approximate surface area is 192 Å². The van der Waals surface area contributed by atoms with Crippen molar-refractivity contribution in [3.05, 3.63) is 53.7 Å². The predicted octanol–water partition coefficient (Wildman–Crippen LogP) is 1.56. The van der Waals surface area contributed by atoms with Gasteiger partial charge in [0.1, 0.15) is 17.9 Å². The first kappa shape index (κ1) is 21.4. The second-order valence-corrected chi connectivity index (χ2v) is 8.98. The highest BCUT2D eigenvalue weighted by atomic mass is 16.2. The molecule has 3 heterocycles. The number of aryl methyl sites for hydroxylation is 1. The van der Waals surface area contributed by atoms with Crippen molar-refractivity contribution in [1.82, 2.24) is 20.1 Å². The molecule has 1 spiro atoms. The lowest BCUT2D eigenvalue weighted by Gasteiger charge is -2.33. The third-order valence-corrected chi connectivity index (χ3v) is 6.81. The number of pyridine rings is 1. The highest BCUT2D eigenvalue weighted by molar-refractivity contribution is 6.10. The number of likely N-dealkylation sites (N-methyl/N-ethyl adjacent to an activating group) is 1. The van der Waals surface area contributed by atoms with Crippen LogP contribution < -0.4 is 15.5 Å². The van der Waals surface area contributed by atoms with Crippen molar-refractivity contribution in [2.24, 2.45) is 0 Å². The molecule has 1 aromatic heterocycles. The fraction of sp³-hybridized carbons (Fsp3) is 0.417. The van der Waals surface area contributed by atoms with E-state index in [0.29, 0.717) is 12.1 Å². The van der Waals surface area contributed by atoms with Crippen LogP contribution >= 0.6 is 0 Å². The van der Waals surface area contributed by atoms with Crippen LogP contribution in [-0.4, -0.2) is 72.4 Å². The zero-order valence-electron chi connectivity index (χ0n) is 18.7. The largest absolute Gasteiger partial charge is 0.354 e. The van der Waals surface area contributed by atoms with E-state index in [0.717, 1.165) is 60.9 Å². The summed E-state index contributed by atoms with van der Waals surface area (Å²) < 4.78 is 0. The maximum atomic E-state index is 13.3. The molecule has 3 aliphatic rings. The molecule has 2 saturated heterocycles. The van der Waals surface area contributed by atoms with E-state index in [2.05, 4.69) is 32.5 Å². The Morgan fingerprint density at radius 3 is 2.67 bits per heavy atom.